The number of ether oxygens (including phenoxy) is 1. The summed E-state index contributed by atoms with van der Waals surface area (Å²) in [5.74, 6) is -0.517. The number of carbonyl (C=O) groups excluding carboxylic acids is 2. The molecule has 0 aliphatic heterocycles. The van der Waals surface area contributed by atoms with Crippen LogP contribution in [0.4, 0.5) is 5.13 Å². The van der Waals surface area contributed by atoms with E-state index in [2.05, 4.69) is 10.3 Å². The molecule has 0 aliphatic carbocycles. The van der Waals surface area contributed by atoms with Gasteiger partial charge in [0.25, 0.3) is 5.91 Å². The smallest absolute Gasteiger partial charge is 0.311 e. The Hall–Kier alpha value is -2.93. The van der Waals surface area contributed by atoms with Gasteiger partial charge < -0.3 is 9.15 Å². The topological polar surface area (TPSA) is 81.4 Å². The number of anilines is 1. The van der Waals surface area contributed by atoms with Crippen LogP contribution in [0.5, 0.6) is 0 Å². The van der Waals surface area contributed by atoms with E-state index < -0.39 is 0 Å². The molecule has 0 atom stereocenters. The van der Waals surface area contributed by atoms with Crippen molar-refractivity contribution in [3.8, 4) is 11.3 Å². The Morgan fingerprint density at radius 2 is 2.00 bits per heavy atom. The van der Waals surface area contributed by atoms with Crippen LogP contribution in [0.1, 0.15) is 22.4 Å². The minimum Gasteiger partial charge on any atom is -0.466 e. The van der Waals surface area contributed by atoms with Gasteiger partial charge in [0.2, 0.25) is 0 Å². The molecule has 2 heterocycles. The van der Waals surface area contributed by atoms with E-state index in [4.69, 9.17) is 9.15 Å². The van der Waals surface area contributed by atoms with Gasteiger partial charge in [0.15, 0.2) is 10.9 Å². The van der Waals surface area contributed by atoms with Crippen LogP contribution in [-0.2, 0) is 16.0 Å². The SMILES string of the molecule is CCOC(=O)Cc1sc(NC(=O)c2ccco2)nc1-c1ccccc1. The number of aromatic nitrogens is 1. The number of benzene rings is 1. The molecule has 0 aliphatic rings. The summed E-state index contributed by atoms with van der Waals surface area (Å²) in [5.41, 5.74) is 1.53. The van der Waals surface area contributed by atoms with Gasteiger partial charge in [-0.05, 0) is 19.1 Å². The van der Waals surface area contributed by atoms with E-state index in [-0.39, 0.29) is 24.1 Å². The summed E-state index contributed by atoms with van der Waals surface area (Å²) in [5, 5.41) is 3.11. The molecule has 0 bridgehead atoms. The Morgan fingerprint density at radius 1 is 1.20 bits per heavy atom. The van der Waals surface area contributed by atoms with E-state index in [1.54, 1.807) is 19.1 Å². The first-order valence-electron chi connectivity index (χ1n) is 7.73. The molecule has 0 saturated carbocycles. The highest BCUT2D eigenvalue weighted by Crippen LogP contribution is 2.32. The van der Waals surface area contributed by atoms with Gasteiger partial charge in [0.1, 0.15) is 0 Å². The highest BCUT2D eigenvalue weighted by atomic mass is 32.1. The maximum atomic E-state index is 12.1. The van der Waals surface area contributed by atoms with Crippen molar-refractivity contribution >= 4 is 28.3 Å². The van der Waals surface area contributed by atoms with Gasteiger partial charge in [0.05, 0.1) is 25.0 Å². The highest BCUT2D eigenvalue weighted by Gasteiger charge is 2.19. The van der Waals surface area contributed by atoms with Crippen molar-refractivity contribution in [2.75, 3.05) is 11.9 Å². The first-order valence-corrected chi connectivity index (χ1v) is 8.54. The maximum Gasteiger partial charge on any atom is 0.311 e. The van der Waals surface area contributed by atoms with E-state index in [1.165, 1.54) is 17.6 Å². The van der Waals surface area contributed by atoms with Gasteiger partial charge in [-0.1, -0.05) is 30.3 Å². The van der Waals surface area contributed by atoms with Crippen LogP contribution in [0.2, 0.25) is 0 Å². The molecule has 1 amide bonds. The second-order valence-corrected chi connectivity index (χ2v) is 6.15. The Balaban J connectivity index is 1.88. The molecule has 25 heavy (non-hydrogen) atoms. The maximum absolute atomic E-state index is 12.1. The van der Waals surface area contributed by atoms with Crippen molar-refractivity contribution in [2.24, 2.45) is 0 Å². The first-order chi connectivity index (χ1) is 12.2. The molecule has 7 heteroatoms. The Bertz CT molecular complexity index is 857. The van der Waals surface area contributed by atoms with Crippen molar-refractivity contribution in [1.82, 2.24) is 4.98 Å². The number of amides is 1. The molecule has 0 unspecified atom stereocenters. The van der Waals surface area contributed by atoms with Crippen LogP contribution < -0.4 is 5.32 Å². The molecular formula is C18H16N2O4S. The predicted molar refractivity (Wildman–Crippen MR) is 94.5 cm³/mol. The molecule has 3 rings (SSSR count). The van der Waals surface area contributed by atoms with Crippen LogP contribution in [0, 0.1) is 0 Å². The van der Waals surface area contributed by atoms with Crippen LogP contribution >= 0.6 is 11.3 Å². The van der Waals surface area contributed by atoms with Crippen molar-refractivity contribution in [3.63, 3.8) is 0 Å². The van der Waals surface area contributed by atoms with Gasteiger partial charge >= 0.3 is 5.97 Å². The zero-order chi connectivity index (χ0) is 17.6. The molecule has 128 valence electrons. The predicted octanol–water partition coefficient (Wildman–Crippen LogP) is 3.76. The van der Waals surface area contributed by atoms with E-state index in [1.807, 2.05) is 30.3 Å². The molecule has 0 radical (unpaired) electrons. The summed E-state index contributed by atoms with van der Waals surface area (Å²) in [7, 11) is 0. The monoisotopic (exact) mass is 356 g/mol. The second kappa shape index (κ2) is 7.76. The lowest BCUT2D eigenvalue weighted by molar-refractivity contribution is -0.142. The third-order valence-electron chi connectivity index (χ3n) is 3.32. The minimum absolute atomic E-state index is 0.104. The number of hydrogen-bond acceptors (Lipinski definition) is 6. The fourth-order valence-corrected chi connectivity index (χ4v) is 3.22. The summed E-state index contributed by atoms with van der Waals surface area (Å²) >= 11 is 1.25. The Morgan fingerprint density at radius 3 is 2.68 bits per heavy atom. The fourth-order valence-electron chi connectivity index (χ4n) is 2.26. The average molecular weight is 356 g/mol. The zero-order valence-corrected chi connectivity index (χ0v) is 14.3. The normalized spacial score (nSPS) is 10.4. The number of thiazole rings is 1. The molecule has 0 saturated heterocycles. The van der Waals surface area contributed by atoms with Gasteiger partial charge in [-0.15, -0.1) is 11.3 Å². The summed E-state index contributed by atoms with van der Waals surface area (Å²) in [6.45, 7) is 2.08. The molecule has 0 spiro atoms. The minimum atomic E-state index is -0.388. The van der Waals surface area contributed by atoms with Crippen LogP contribution in [0.3, 0.4) is 0 Å². The summed E-state index contributed by atoms with van der Waals surface area (Å²) in [4.78, 5) is 29.2. The van der Waals surface area contributed by atoms with Crippen LogP contribution in [0.15, 0.2) is 53.1 Å². The number of furan rings is 1. The van der Waals surface area contributed by atoms with Crippen molar-refractivity contribution in [2.45, 2.75) is 13.3 Å². The second-order valence-electron chi connectivity index (χ2n) is 5.07. The number of nitrogens with one attached hydrogen (secondary N) is 1. The van der Waals surface area contributed by atoms with E-state index in [9.17, 15) is 9.59 Å². The first kappa shape index (κ1) is 16.9. The Kier molecular flexibility index (Phi) is 5.25. The lowest BCUT2D eigenvalue weighted by atomic mass is 10.1. The lowest BCUT2D eigenvalue weighted by Gasteiger charge is -2.02. The number of rotatable bonds is 6. The van der Waals surface area contributed by atoms with E-state index >= 15 is 0 Å². The van der Waals surface area contributed by atoms with Crippen molar-refractivity contribution in [1.29, 1.82) is 0 Å². The lowest BCUT2D eigenvalue weighted by Crippen LogP contribution is -2.10. The zero-order valence-electron chi connectivity index (χ0n) is 13.5. The largest absolute Gasteiger partial charge is 0.466 e. The Labute approximate surface area is 148 Å². The highest BCUT2D eigenvalue weighted by molar-refractivity contribution is 7.16. The third-order valence-corrected chi connectivity index (χ3v) is 4.29. The molecule has 2 aromatic heterocycles. The summed E-state index contributed by atoms with van der Waals surface area (Å²) < 4.78 is 10.1. The van der Waals surface area contributed by atoms with Crippen molar-refractivity contribution < 1.29 is 18.7 Å². The average Bonchev–Trinajstić information content (AvgIpc) is 3.26. The molecular weight excluding hydrogens is 340 g/mol. The van der Waals surface area contributed by atoms with E-state index in [0.29, 0.717) is 17.4 Å². The quantitative estimate of drug-likeness (QED) is 0.680. The number of hydrogen-bond donors (Lipinski definition) is 1. The standard InChI is InChI=1S/C18H16N2O4S/c1-2-23-15(21)11-14-16(12-7-4-3-5-8-12)19-18(25-14)20-17(22)13-9-6-10-24-13/h3-10H,2,11H2,1H3,(H,19,20,22). The summed E-state index contributed by atoms with van der Waals surface area (Å²) in [6, 6.07) is 12.7. The van der Waals surface area contributed by atoms with Gasteiger partial charge in [-0.25, -0.2) is 4.98 Å². The number of esters is 1. The fraction of sp³-hybridized carbons (Fsp3) is 0.167. The van der Waals surface area contributed by atoms with Crippen LogP contribution in [-0.4, -0.2) is 23.5 Å². The summed E-state index contributed by atoms with van der Waals surface area (Å²) in [6.07, 6.45) is 1.53. The van der Waals surface area contributed by atoms with Crippen molar-refractivity contribution in [3.05, 3.63) is 59.4 Å². The molecule has 3 aromatic rings. The molecule has 1 N–H and O–H groups in total. The van der Waals surface area contributed by atoms with Gasteiger partial charge in [-0.3, -0.25) is 14.9 Å². The number of carbonyl (C=O) groups is 2. The number of nitrogens with zero attached hydrogens (tertiary/aromatic N) is 1. The van der Waals surface area contributed by atoms with E-state index in [0.717, 1.165) is 10.4 Å². The molecule has 0 fully saturated rings. The third kappa shape index (κ3) is 4.13. The van der Waals surface area contributed by atoms with Gasteiger partial charge in [0, 0.05) is 10.4 Å². The van der Waals surface area contributed by atoms with Crippen LogP contribution in [0.25, 0.3) is 11.3 Å². The molecule has 1 aromatic carbocycles. The molecule has 6 nitrogen and oxygen atoms in total. The van der Waals surface area contributed by atoms with Gasteiger partial charge in [-0.2, -0.15) is 0 Å².